The fourth-order valence-electron chi connectivity index (χ4n) is 5.51. The summed E-state index contributed by atoms with van der Waals surface area (Å²) in [5, 5.41) is 18.0. The van der Waals surface area contributed by atoms with Gasteiger partial charge < -0.3 is 18.3 Å². The Labute approximate surface area is 278 Å². The lowest BCUT2D eigenvalue weighted by molar-refractivity contribution is 0.112. The topological polar surface area (TPSA) is 93.2 Å². The summed E-state index contributed by atoms with van der Waals surface area (Å²) in [5.74, 6) is 2.20. The van der Waals surface area contributed by atoms with Crippen molar-refractivity contribution in [2.45, 2.75) is 64.8 Å². The van der Waals surface area contributed by atoms with E-state index in [1.165, 1.54) is 0 Å². The molecule has 4 aromatic carbocycles. The maximum absolute atomic E-state index is 9.31. The number of nitriles is 2. The van der Waals surface area contributed by atoms with Crippen molar-refractivity contribution >= 4 is 19.9 Å². The third kappa shape index (κ3) is 8.06. The van der Waals surface area contributed by atoms with Gasteiger partial charge in [-0.15, -0.1) is 0 Å². The van der Waals surface area contributed by atoms with Crippen LogP contribution in [0.25, 0.3) is 9.69 Å². The number of ether oxygens (including phenoxy) is 2. The van der Waals surface area contributed by atoms with E-state index in [1.54, 1.807) is 36.4 Å². The van der Waals surface area contributed by atoms with Gasteiger partial charge in [0.05, 0.1) is 37.5 Å². The van der Waals surface area contributed by atoms with Crippen LogP contribution in [-0.2, 0) is 22.1 Å². The van der Waals surface area contributed by atoms with Crippen LogP contribution in [0, 0.1) is 35.8 Å². The van der Waals surface area contributed by atoms with E-state index < -0.39 is 8.56 Å². The van der Waals surface area contributed by atoms with Gasteiger partial charge in [0.1, 0.15) is 35.1 Å². The summed E-state index contributed by atoms with van der Waals surface area (Å²) >= 11 is 0. The van der Waals surface area contributed by atoms with Crippen LogP contribution in [0.4, 0.5) is 11.4 Å². The summed E-state index contributed by atoms with van der Waals surface area (Å²) in [6, 6.07) is 28.9. The molecule has 236 valence electrons. The molecule has 0 aromatic heterocycles. The summed E-state index contributed by atoms with van der Waals surface area (Å²) < 4.78 is 25.6. The molecule has 0 saturated heterocycles. The van der Waals surface area contributed by atoms with Crippen LogP contribution in [0.3, 0.4) is 0 Å². The van der Waals surface area contributed by atoms with Crippen molar-refractivity contribution in [3.05, 3.63) is 130 Å². The number of benzene rings is 4. The van der Waals surface area contributed by atoms with Crippen molar-refractivity contribution in [3.63, 3.8) is 0 Å². The van der Waals surface area contributed by atoms with Crippen molar-refractivity contribution in [1.29, 1.82) is 10.5 Å². The van der Waals surface area contributed by atoms with E-state index in [2.05, 4.69) is 51.2 Å². The minimum absolute atomic E-state index is 0.260. The highest BCUT2D eigenvalue weighted by molar-refractivity contribution is 6.73. The molecule has 0 aliphatic carbocycles. The zero-order valence-electron chi connectivity index (χ0n) is 27.4. The van der Waals surface area contributed by atoms with E-state index in [-0.39, 0.29) is 21.3 Å². The van der Waals surface area contributed by atoms with Crippen LogP contribution in [0.15, 0.2) is 84.9 Å². The molecule has 0 unspecified atom stereocenters. The van der Waals surface area contributed by atoms with Gasteiger partial charge in [0.25, 0.3) is 0 Å². The predicted molar refractivity (Wildman–Crippen MR) is 183 cm³/mol. The number of hydrogen-bond acceptors (Lipinski definition) is 6. The second-order valence-corrected chi connectivity index (χ2v) is 17.8. The van der Waals surface area contributed by atoms with Crippen LogP contribution in [0.2, 0.25) is 10.1 Å². The Hall–Kier alpha value is -5.42. The van der Waals surface area contributed by atoms with Crippen molar-refractivity contribution in [2.24, 2.45) is 0 Å². The normalized spacial score (nSPS) is 11.4. The average Bonchev–Trinajstić information content (AvgIpc) is 3.04. The van der Waals surface area contributed by atoms with Gasteiger partial charge in [0.2, 0.25) is 0 Å². The van der Waals surface area contributed by atoms with Crippen LogP contribution in [0.1, 0.15) is 63.8 Å². The van der Waals surface area contributed by atoms with E-state index in [1.807, 2.05) is 60.7 Å². The molecular formula is C38H36N4O4Si. The van der Waals surface area contributed by atoms with E-state index in [0.717, 1.165) is 11.1 Å². The minimum atomic E-state index is -2.92. The molecule has 0 saturated carbocycles. The van der Waals surface area contributed by atoms with Crippen molar-refractivity contribution in [2.75, 3.05) is 0 Å². The third-order valence-corrected chi connectivity index (χ3v) is 12.6. The van der Waals surface area contributed by atoms with Crippen molar-refractivity contribution < 1.29 is 18.3 Å². The van der Waals surface area contributed by atoms with Crippen molar-refractivity contribution in [1.82, 2.24) is 0 Å². The lowest BCUT2D eigenvalue weighted by Gasteiger charge is -2.49. The molecule has 47 heavy (non-hydrogen) atoms. The lowest BCUT2D eigenvalue weighted by atomic mass is 10.1. The Morgan fingerprint density at radius 2 is 1.00 bits per heavy atom. The van der Waals surface area contributed by atoms with E-state index >= 15 is 0 Å². The zero-order chi connectivity index (χ0) is 34.2. The second kappa shape index (κ2) is 14.3. The largest absolute Gasteiger partial charge is 0.459 e. The molecule has 0 aliphatic heterocycles. The van der Waals surface area contributed by atoms with Gasteiger partial charge >= 0.3 is 8.56 Å². The van der Waals surface area contributed by atoms with Crippen LogP contribution in [0.5, 0.6) is 23.0 Å². The van der Waals surface area contributed by atoms with Gasteiger partial charge in [-0.25, -0.2) is 4.85 Å². The van der Waals surface area contributed by atoms with Gasteiger partial charge in [-0.2, -0.15) is 10.5 Å². The highest BCUT2D eigenvalue weighted by Gasteiger charge is 2.58. The average molecular weight is 641 g/mol. The first kappa shape index (κ1) is 34.5. The van der Waals surface area contributed by atoms with Gasteiger partial charge in [0, 0.05) is 10.1 Å². The van der Waals surface area contributed by atoms with Gasteiger partial charge in [0.15, 0.2) is 11.4 Å². The molecule has 8 nitrogen and oxygen atoms in total. The molecule has 0 heterocycles. The molecule has 4 rings (SSSR count). The first-order valence-electron chi connectivity index (χ1n) is 15.0. The lowest BCUT2D eigenvalue weighted by Crippen LogP contribution is -2.57. The molecule has 0 spiro atoms. The maximum Gasteiger partial charge on any atom is 0.349 e. The number of hydrogen-bond donors (Lipinski definition) is 0. The Bertz CT molecular complexity index is 1760. The summed E-state index contributed by atoms with van der Waals surface area (Å²) in [7, 11) is -2.92. The molecule has 0 bridgehead atoms. The van der Waals surface area contributed by atoms with Gasteiger partial charge in [-0.05, 0) is 65.7 Å². The Morgan fingerprint density at radius 3 is 1.43 bits per heavy atom. The molecule has 0 amide bonds. The zero-order valence-corrected chi connectivity index (χ0v) is 28.4. The molecule has 0 atom stereocenters. The summed E-state index contributed by atoms with van der Waals surface area (Å²) in [4.78, 5) is 6.79. The van der Waals surface area contributed by atoms with Crippen LogP contribution in [-0.4, -0.2) is 8.56 Å². The fourth-order valence-corrected chi connectivity index (χ4v) is 10.3. The van der Waals surface area contributed by atoms with Crippen LogP contribution >= 0.6 is 0 Å². The number of nitrogens with zero attached hydrogens (tertiary/aromatic N) is 4. The molecule has 0 fully saturated rings. The first-order valence-corrected chi connectivity index (χ1v) is 16.8. The Morgan fingerprint density at radius 1 is 0.574 bits per heavy atom. The highest BCUT2D eigenvalue weighted by Crippen LogP contribution is 2.53. The monoisotopic (exact) mass is 640 g/mol. The molecule has 4 aromatic rings. The van der Waals surface area contributed by atoms with Crippen LogP contribution < -0.4 is 9.47 Å². The Balaban J connectivity index is 1.45. The van der Waals surface area contributed by atoms with Gasteiger partial charge in [-0.1, -0.05) is 71.9 Å². The van der Waals surface area contributed by atoms with Crippen molar-refractivity contribution in [3.8, 4) is 35.1 Å². The molecule has 0 aliphatic rings. The first-order chi connectivity index (χ1) is 22.3. The smallest absolute Gasteiger partial charge is 0.349 e. The summed E-state index contributed by atoms with van der Waals surface area (Å²) in [5.41, 5.74) is 3.08. The Kier molecular flexibility index (Phi) is 10.5. The maximum atomic E-state index is 9.31. The standard InChI is InChI=1S/C38H36N4O4Si/c1-37(2,3)47(38(4,5)6,43-25-27-9-14-31(15-10-27)45-33-18-13-29(23-39)30(21-33)24-40)44-26-28-11-16-32(17-12-28)46-34-19-20-35(41-7)36(22-34)42-8/h9-22H,25-26H2,1-6H3. The number of rotatable bonds is 10. The summed E-state index contributed by atoms with van der Waals surface area (Å²) in [6.07, 6.45) is 0. The SMILES string of the molecule is [C-]#[N+]c1ccc(Oc2ccc(CO[Si](OCc3ccc(Oc4ccc(C#N)c(C#N)c4)cc3)(C(C)(C)C)C(C)(C)C)cc2)cc1[N+]#[C-]. The molecular weight excluding hydrogens is 605 g/mol. The van der Waals surface area contributed by atoms with E-state index in [9.17, 15) is 5.26 Å². The third-order valence-electron chi connectivity index (χ3n) is 7.60. The fraction of sp³-hybridized carbons (Fsp3) is 0.263. The molecule has 0 radical (unpaired) electrons. The van der Waals surface area contributed by atoms with E-state index in [0.29, 0.717) is 47.5 Å². The predicted octanol–water partition coefficient (Wildman–Crippen LogP) is 10.9. The summed E-state index contributed by atoms with van der Waals surface area (Å²) in [6.45, 7) is 28.2. The quantitative estimate of drug-likeness (QED) is 0.126. The highest BCUT2D eigenvalue weighted by atomic mass is 28.4. The second-order valence-electron chi connectivity index (χ2n) is 13.0. The van der Waals surface area contributed by atoms with E-state index in [4.69, 9.17) is 36.7 Å². The molecule has 9 heteroatoms. The minimum Gasteiger partial charge on any atom is -0.459 e. The molecule has 0 N–H and O–H groups in total. The van der Waals surface area contributed by atoms with Gasteiger partial charge in [-0.3, -0.25) is 4.85 Å².